The third-order valence-electron chi connectivity index (χ3n) is 3.10. The summed E-state index contributed by atoms with van der Waals surface area (Å²) < 4.78 is 37.6. The molecule has 0 saturated carbocycles. The van der Waals surface area contributed by atoms with Crippen LogP contribution in [0.15, 0.2) is 23.4 Å². The first kappa shape index (κ1) is 12.9. The molecule has 1 aromatic carbocycles. The maximum Gasteiger partial charge on any atom is 0.416 e. The fraction of sp³-hybridized carbons (Fsp3) is 0.500. The van der Waals surface area contributed by atoms with E-state index in [1.54, 1.807) is 0 Å². The minimum atomic E-state index is -4.44. The van der Waals surface area contributed by atoms with Crippen molar-refractivity contribution in [2.24, 2.45) is 5.18 Å². The van der Waals surface area contributed by atoms with E-state index in [1.165, 1.54) is 6.07 Å². The van der Waals surface area contributed by atoms with Crippen LogP contribution in [0, 0.1) is 4.91 Å². The van der Waals surface area contributed by atoms with Gasteiger partial charge in [0.05, 0.1) is 11.3 Å². The normalized spacial score (nSPS) is 16.7. The van der Waals surface area contributed by atoms with Crippen molar-refractivity contribution in [3.63, 3.8) is 0 Å². The second kappa shape index (κ2) is 4.96. The molecule has 0 spiro atoms. The van der Waals surface area contributed by atoms with Crippen molar-refractivity contribution in [3.8, 4) is 0 Å². The number of benzene rings is 1. The highest BCUT2D eigenvalue weighted by atomic mass is 19.4. The Morgan fingerprint density at radius 3 is 2.33 bits per heavy atom. The zero-order valence-electron chi connectivity index (χ0n) is 9.70. The van der Waals surface area contributed by atoms with E-state index in [1.807, 2.05) is 4.90 Å². The van der Waals surface area contributed by atoms with E-state index in [2.05, 4.69) is 5.18 Å². The van der Waals surface area contributed by atoms with E-state index in [0.717, 1.165) is 44.5 Å². The molecule has 0 aliphatic carbocycles. The number of nitroso groups, excluding NO2 is 1. The largest absolute Gasteiger partial charge is 0.416 e. The zero-order valence-corrected chi connectivity index (χ0v) is 9.70. The van der Waals surface area contributed by atoms with Crippen LogP contribution in [0.3, 0.4) is 0 Å². The summed E-state index contributed by atoms with van der Waals surface area (Å²) in [5.74, 6) is 0. The van der Waals surface area contributed by atoms with E-state index in [9.17, 15) is 18.1 Å². The molecule has 0 bridgehead atoms. The highest BCUT2D eigenvalue weighted by molar-refractivity contribution is 5.68. The molecule has 1 saturated heterocycles. The molecule has 1 aliphatic rings. The van der Waals surface area contributed by atoms with Crippen LogP contribution < -0.4 is 4.90 Å². The quantitative estimate of drug-likeness (QED) is 0.748. The van der Waals surface area contributed by atoms with Gasteiger partial charge in [-0.05, 0) is 42.6 Å². The van der Waals surface area contributed by atoms with E-state index in [0.29, 0.717) is 5.69 Å². The van der Waals surface area contributed by atoms with Gasteiger partial charge in [-0.15, -0.1) is 4.91 Å². The van der Waals surface area contributed by atoms with Gasteiger partial charge in [0.1, 0.15) is 5.69 Å². The fourth-order valence-corrected chi connectivity index (χ4v) is 2.18. The van der Waals surface area contributed by atoms with Crippen LogP contribution in [0.1, 0.15) is 24.8 Å². The standard InChI is InChI=1S/C12H13F3N2O/c13-12(14,15)9-4-5-11(10(8-9)16-18)17-6-2-1-3-7-17/h4-5,8H,1-3,6-7H2. The average molecular weight is 258 g/mol. The minimum absolute atomic E-state index is 0.133. The highest BCUT2D eigenvalue weighted by Crippen LogP contribution is 2.37. The predicted octanol–water partition coefficient (Wildman–Crippen LogP) is 4.09. The molecule has 1 aliphatic heterocycles. The Labute approximate surface area is 103 Å². The van der Waals surface area contributed by atoms with Crippen molar-refractivity contribution < 1.29 is 13.2 Å². The Morgan fingerprint density at radius 1 is 1.11 bits per heavy atom. The summed E-state index contributed by atoms with van der Waals surface area (Å²) in [5.41, 5.74) is -0.470. The summed E-state index contributed by atoms with van der Waals surface area (Å²) >= 11 is 0. The molecular formula is C12H13F3N2O. The van der Waals surface area contributed by atoms with Crippen molar-refractivity contribution in [2.45, 2.75) is 25.4 Å². The highest BCUT2D eigenvalue weighted by Gasteiger charge is 2.31. The van der Waals surface area contributed by atoms with Gasteiger partial charge in [-0.2, -0.15) is 13.2 Å². The van der Waals surface area contributed by atoms with Crippen LogP contribution in [0.5, 0.6) is 0 Å². The molecule has 6 heteroatoms. The summed E-state index contributed by atoms with van der Waals surface area (Å²) in [6.45, 7) is 1.52. The Hall–Kier alpha value is -1.59. The Morgan fingerprint density at radius 2 is 1.78 bits per heavy atom. The van der Waals surface area contributed by atoms with Crippen LogP contribution in [-0.4, -0.2) is 13.1 Å². The Balaban J connectivity index is 2.33. The van der Waals surface area contributed by atoms with Gasteiger partial charge >= 0.3 is 6.18 Å². The molecule has 2 rings (SSSR count). The lowest BCUT2D eigenvalue weighted by molar-refractivity contribution is -0.137. The number of halogens is 3. The van der Waals surface area contributed by atoms with E-state index >= 15 is 0 Å². The van der Waals surface area contributed by atoms with Crippen molar-refractivity contribution in [2.75, 3.05) is 18.0 Å². The zero-order chi connectivity index (χ0) is 13.2. The summed E-state index contributed by atoms with van der Waals surface area (Å²) in [6, 6.07) is 3.15. The fourth-order valence-electron chi connectivity index (χ4n) is 2.18. The summed E-state index contributed by atoms with van der Waals surface area (Å²) in [5, 5.41) is 2.73. The number of hydrogen-bond donors (Lipinski definition) is 0. The lowest BCUT2D eigenvalue weighted by Gasteiger charge is -2.29. The monoisotopic (exact) mass is 258 g/mol. The van der Waals surface area contributed by atoms with E-state index < -0.39 is 11.7 Å². The van der Waals surface area contributed by atoms with Crippen molar-refractivity contribution in [1.82, 2.24) is 0 Å². The van der Waals surface area contributed by atoms with Gasteiger partial charge in [0, 0.05) is 13.1 Å². The first-order chi connectivity index (χ1) is 8.52. The van der Waals surface area contributed by atoms with Gasteiger partial charge in [0.2, 0.25) is 0 Å². The van der Waals surface area contributed by atoms with Crippen molar-refractivity contribution >= 4 is 11.4 Å². The van der Waals surface area contributed by atoms with Gasteiger partial charge < -0.3 is 4.90 Å². The molecule has 18 heavy (non-hydrogen) atoms. The van der Waals surface area contributed by atoms with Gasteiger partial charge in [-0.1, -0.05) is 0 Å². The molecule has 1 fully saturated rings. The molecule has 0 unspecified atom stereocenters. The molecule has 3 nitrogen and oxygen atoms in total. The number of nitrogens with zero attached hydrogens (tertiary/aromatic N) is 2. The molecule has 0 atom stereocenters. The van der Waals surface area contributed by atoms with E-state index in [4.69, 9.17) is 0 Å². The topological polar surface area (TPSA) is 32.7 Å². The van der Waals surface area contributed by atoms with Gasteiger partial charge in [-0.25, -0.2) is 0 Å². The molecular weight excluding hydrogens is 245 g/mol. The number of alkyl halides is 3. The number of hydrogen-bond acceptors (Lipinski definition) is 3. The molecule has 0 N–H and O–H groups in total. The van der Waals surface area contributed by atoms with E-state index in [-0.39, 0.29) is 5.69 Å². The number of anilines is 1. The summed E-state index contributed by atoms with van der Waals surface area (Å²) in [4.78, 5) is 12.6. The molecule has 0 aromatic heterocycles. The molecule has 1 heterocycles. The summed E-state index contributed by atoms with van der Waals surface area (Å²) in [7, 11) is 0. The molecule has 98 valence electrons. The molecule has 0 amide bonds. The van der Waals surface area contributed by atoms with Crippen LogP contribution in [0.25, 0.3) is 0 Å². The summed E-state index contributed by atoms with van der Waals surface area (Å²) in [6.07, 6.45) is -1.36. The number of piperidine rings is 1. The van der Waals surface area contributed by atoms with Crippen molar-refractivity contribution in [1.29, 1.82) is 0 Å². The average Bonchev–Trinajstić information content (AvgIpc) is 2.38. The number of rotatable bonds is 2. The predicted molar refractivity (Wildman–Crippen MR) is 63.0 cm³/mol. The van der Waals surface area contributed by atoms with Gasteiger partial charge in [-0.3, -0.25) is 0 Å². The first-order valence-corrected chi connectivity index (χ1v) is 5.82. The molecule has 0 radical (unpaired) electrons. The van der Waals surface area contributed by atoms with Crippen LogP contribution in [-0.2, 0) is 6.18 Å². The Bertz CT molecular complexity index is 439. The smallest absolute Gasteiger partial charge is 0.370 e. The first-order valence-electron chi connectivity index (χ1n) is 5.82. The van der Waals surface area contributed by atoms with Gasteiger partial charge in [0.15, 0.2) is 0 Å². The SMILES string of the molecule is O=Nc1cc(C(F)(F)F)ccc1N1CCCCC1. The second-order valence-electron chi connectivity index (χ2n) is 4.34. The maximum atomic E-state index is 12.5. The third-order valence-corrected chi connectivity index (χ3v) is 3.10. The Kier molecular flexibility index (Phi) is 3.54. The van der Waals surface area contributed by atoms with Crippen molar-refractivity contribution in [3.05, 3.63) is 28.7 Å². The van der Waals surface area contributed by atoms with Gasteiger partial charge in [0.25, 0.3) is 0 Å². The lowest BCUT2D eigenvalue weighted by atomic mass is 10.1. The van der Waals surface area contributed by atoms with Crippen LogP contribution in [0.2, 0.25) is 0 Å². The molecule has 1 aromatic rings. The third kappa shape index (κ3) is 2.63. The maximum absolute atomic E-state index is 12.5. The minimum Gasteiger partial charge on any atom is -0.370 e. The lowest BCUT2D eigenvalue weighted by Crippen LogP contribution is -2.29. The van der Waals surface area contributed by atoms with Crippen LogP contribution in [0.4, 0.5) is 24.5 Å². The second-order valence-corrected chi connectivity index (χ2v) is 4.34. The van der Waals surface area contributed by atoms with Crippen LogP contribution >= 0.6 is 0 Å².